The molecule has 0 saturated heterocycles. The van der Waals surface area contributed by atoms with Gasteiger partial charge in [-0.3, -0.25) is 0 Å². The monoisotopic (exact) mass is 313 g/mol. The molecule has 0 amide bonds. The van der Waals surface area contributed by atoms with Gasteiger partial charge in [0.25, 0.3) is 0 Å². The molecule has 90 valence electrons. The molecular weight excluding hydrogens is 302 g/mol. The molecule has 17 heavy (non-hydrogen) atoms. The van der Waals surface area contributed by atoms with E-state index in [1.807, 2.05) is 35.9 Å². The van der Waals surface area contributed by atoms with Crippen LogP contribution in [0.5, 0.6) is 0 Å². The zero-order valence-electron chi connectivity index (χ0n) is 9.45. The molecule has 0 unspecified atom stereocenters. The van der Waals surface area contributed by atoms with E-state index in [4.69, 9.17) is 17.3 Å². The van der Waals surface area contributed by atoms with Crippen LogP contribution in [0.15, 0.2) is 28.9 Å². The normalized spacial score (nSPS) is 10.8. The van der Waals surface area contributed by atoms with Crippen LogP contribution < -0.4 is 5.73 Å². The highest BCUT2D eigenvalue weighted by Gasteiger charge is 2.10. The van der Waals surface area contributed by atoms with Crippen molar-refractivity contribution in [2.75, 3.05) is 5.73 Å². The van der Waals surface area contributed by atoms with Gasteiger partial charge in [0.2, 0.25) is 5.95 Å². The van der Waals surface area contributed by atoms with Crippen molar-refractivity contribution in [3.8, 4) is 0 Å². The van der Waals surface area contributed by atoms with Gasteiger partial charge in [0.1, 0.15) is 4.60 Å². The number of hydrogen-bond donors (Lipinski definition) is 1. The lowest BCUT2D eigenvalue weighted by Gasteiger charge is -2.04. The minimum atomic E-state index is 0.531. The summed E-state index contributed by atoms with van der Waals surface area (Å²) in [5.74, 6) is 0.531. The Morgan fingerprint density at radius 1 is 1.29 bits per heavy atom. The molecule has 1 heterocycles. The minimum Gasteiger partial charge on any atom is -0.369 e. The number of aryl methyl sites for hydroxylation is 1. The van der Waals surface area contributed by atoms with Crippen LogP contribution in [0.1, 0.15) is 11.3 Å². The van der Waals surface area contributed by atoms with Gasteiger partial charge in [-0.05, 0) is 46.5 Å². The summed E-state index contributed by atoms with van der Waals surface area (Å²) < 4.78 is 2.73. The van der Waals surface area contributed by atoms with Gasteiger partial charge >= 0.3 is 0 Å². The van der Waals surface area contributed by atoms with Gasteiger partial charge in [-0.25, -0.2) is 4.98 Å². The van der Waals surface area contributed by atoms with Crippen LogP contribution in [0.25, 0.3) is 0 Å². The Hall–Kier alpha value is -1.00. The molecule has 0 spiro atoms. The Labute approximate surface area is 114 Å². The Morgan fingerprint density at radius 3 is 2.47 bits per heavy atom. The lowest BCUT2D eigenvalue weighted by molar-refractivity contribution is 0.804. The van der Waals surface area contributed by atoms with Crippen molar-refractivity contribution in [2.45, 2.75) is 12.8 Å². The predicted molar refractivity (Wildman–Crippen MR) is 74.2 cm³/mol. The second kappa shape index (κ2) is 5.10. The van der Waals surface area contributed by atoms with E-state index in [9.17, 15) is 0 Å². The lowest BCUT2D eigenvalue weighted by atomic mass is 10.1. The van der Waals surface area contributed by atoms with Gasteiger partial charge in [0.05, 0.1) is 5.69 Å². The molecule has 0 aliphatic heterocycles. The van der Waals surface area contributed by atoms with Crippen LogP contribution in [0.4, 0.5) is 5.95 Å². The molecule has 2 rings (SSSR count). The number of aromatic nitrogens is 2. The number of nitrogens with two attached hydrogens (primary N) is 1. The molecule has 2 N–H and O–H groups in total. The maximum atomic E-state index is 5.84. The predicted octanol–water partition coefficient (Wildman–Crippen LogP) is 3.20. The zero-order valence-corrected chi connectivity index (χ0v) is 11.8. The van der Waals surface area contributed by atoms with E-state index < -0.39 is 0 Å². The van der Waals surface area contributed by atoms with E-state index >= 15 is 0 Å². The zero-order chi connectivity index (χ0) is 12.4. The molecule has 0 aliphatic rings. The molecule has 0 saturated carbocycles. The van der Waals surface area contributed by atoms with Crippen molar-refractivity contribution in [3.63, 3.8) is 0 Å². The van der Waals surface area contributed by atoms with Gasteiger partial charge in [0.15, 0.2) is 0 Å². The molecule has 2 aromatic rings. The van der Waals surface area contributed by atoms with E-state index in [0.29, 0.717) is 5.95 Å². The molecule has 0 radical (unpaired) electrons. The topological polar surface area (TPSA) is 43.8 Å². The first-order valence-electron chi connectivity index (χ1n) is 5.29. The maximum absolute atomic E-state index is 5.84. The summed E-state index contributed by atoms with van der Waals surface area (Å²) >= 11 is 9.26. The Balaban J connectivity index is 2.09. The van der Waals surface area contributed by atoms with Crippen molar-refractivity contribution >= 4 is 33.5 Å². The van der Waals surface area contributed by atoms with Gasteiger partial charge in [-0.1, -0.05) is 23.7 Å². The second-order valence-corrected chi connectivity index (χ2v) is 5.08. The van der Waals surface area contributed by atoms with Crippen LogP contribution in [0, 0.1) is 0 Å². The van der Waals surface area contributed by atoms with Crippen molar-refractivity contribution in [3.05, 3.63) is 45.1 Å². The van der Waals surface area contributed by atoms with Gasteiger partial charge in [-0.15, -0.1) is 0 Å². The molecule has 0 aliphatic carbocycles. The summed E-state index contributed by atoms with van der Waals surface area (Å²) in [6.07, 6.45) is 1.83. The SMILES string of the molecule is Cn1c(N)nc(Br)c1CCc1ccc(Cl)cc1. The Morgan fingerprint density at radius 2 is 1.94 bits per heavy atom. The molecule has 0 bridgehead atoms. The standard InChI is InChI=1S/C12H13BrClN3/c1-17-10(11(13)16-12(17)15)7-4-8-2-5-9(14)6-3-8/h2-3,5-6H,4,7H2,1H3,(H2,15,16). The van der Waals surface area contributed by atoms with Gasteiger partial charge < -0.3 is 10.3 Å². The summed E-state index contributed by atoms with van der Waals surface area (Å²) in [5, 5.41) is 0.764. The fourth-order valence-corrected chi connectivity index (χ4v) is 2.47. The van der Waals surface area contributed by atoms with Crippen molar-refractivity contribution < 1.29 is 0 Å². The minimum absolute atomic E-state index is 0.531. The highest BCUT2D eigenvalue weighted by molar-refractivity contribution is 9.10. The third-order valence-corrected chi connectivity index (χ3v) is 3.65. The van der Waals surface area contributed by atoms with Crippen LogP contribution in [0.3, 0.4) is 0 Å². The molecule has 5 heteroatoms. The first-order chi connectivity index (χ1) is 8.08. The van der Waals surface area contributed by atoms with E-state index in [2.05, 4.69) is 20.9 Å². The highest BCUT2D eigenvalue weighted by Crippen LogP contribution is 2.20. The Kier molecular flexibility index (Phi) is 3.74. The molecule has 0 fully saturated rings. The van der Waals surface area contributed by atoms with Crippen molar-refractivity contribution in [1.29, 1.82) is 0 Å². The van der Waals surface area contributed by atoms with E-state index in [0.717, 1.165) is 28.2 Å². The molecule has 1 aromatic heterocycles. The summed E-state index contributed by atoms with van der Waals surface area (Å²) in [7, 11) is 1.92. The maximum Gasteiger partial charge on any atom is 0.201 e. The molecule has 3 nitrogen and oxygen atoms in total. The fraction of sp³-hybridized carbons (Fsp3) is 0.250. The molecular formula is C12H13BrClN3. The van der Waals surface area contributed by atoms with Crippen LogP contribution in [0.2, 0.25) is 5.02 Å². The van der Waals surface area contributed by atoms with Gasteiger partial charge in [0, 0.05) is 12.1 Å². The number of benzene rings is 1. The summed E-state index contributed by atoms with van der Waals surface area (Å²) in [6.45, 7) is 0. The number of imidazole rings is 1. The number of halogens is 2. The van der Waals surface area contributed by atoms with Crippen LogP contribution >= 0.6 is 27.5 Å². The largest absolute Gasteiger partial charge is 0.369 e. The van der Waals surface area contributed by atoms with Crippen LogP contribution in [-0.2, 0) is 19.9 Å². The number of rotatable bonds is 3. The number of hydrogen-bond acceptors (Lipinski definition) is 2. The van der Waals surface area contributed by atoms with E-state index in [1.54, 1.807) is 0 Å². The average Bonchev–Trinajstić information content (AvgIpc) is 2.54. The third kappa shape index (κ3) is 2.82. The number of anilines is 1. The summed E-state index contributed by atoms with van der Waals surface area (Å²) in [5.41, 5.74) is 8.09. The quantitative estimate of drug-likeness (QED) is 0.945. The fourth-order valence-electron chi connectivity index (χ4n) is 1.70. The average molecular weight is 315 g/mol. The summed E-state index contributed by atoms with van der Waals surface area (Å²) in [4.78, 5) is 4.17. The Bertz CT molecular complexity index is 519. The van der Waals surface area contributed by atoms with Crippen molar-refractivity contribution in [2.24, 2.45) is 7.05 Å². The molecule has 1 aromatic carbocycles. The second-order valence-electron chi connectivity index (χ2n) is 3.89. The van der Waals surface area contributed by atoms with E-state index in [-0.39, 0.29) is 0 Å². The number of nitrogen functional groups attached to an aromatic ring is 1. The smallest absolute Gasteiger partial charge is 0.201 e. The first kappa shape index (κ1) is 12.5. The third-order valence-electron chi connectivity index (χ3n) is 2.76. The van der Waals surface area contributed by atoms with Gasteiger partial charge in [-0.2, -0.15) is 0 Å². The lowest BCUT2D eigenvalue weighted by Crippen LogP contribution is -2.03. The number of nitrogens with zero attached hydrogens (tertiary/aromatic N) is 2. The van der Waals surface area contributed by atoms with Crippen molar-refractivity contribution in [1.82, 2.24) is 9.55 Å². The van der Waals surface area contributed by atoms with Crippen LogP contribution in [-0.4, -0.2) is 9.55 Å². The first-order valence-corrected chi connectivity index (χ1v) is 6.46. The summed E-state index contributed by atoms with van der Waals surface area (Å²) in [6, 6.07) is 7.89. The van der Waals surface area contributed by atoms with E-state index in [1.165, 1.54) is 5.56 Å². The highest BCUT2D eigenvalue weighted by atomic mass is 79.9. The molecule has 0 atom stereocenters.